The number of esters is 1. The first-order valence-electron chi connectivity index (χ1n) is 14.0. The van der Waals surface area contributed by atoms with Gasteiger partial charge < -0.3 is 14.4 Å². The molecule has 0 aromatic heterocycles. The Morgan fingerprint density at radius 2 is 1.81 bits per heavy atom. The first-order chi connectivity index (χ1) is 20.2. The second kappa shape index (κ2) is 11.8. The number of amides is 1. The van der Waals surface area contributed by atoms with E-state index in [1.165, 1.54) is 17.1 Å². The topological polar surface area (TPSA) is 108 Å². The summed E-state index contributed by atoms with van der Waals surface area (Å²) < 4.78 is 11.7. The molecule has 9 nitrogen and oxygen atoms in total. The van der Waals surface area contributed by atoms with Crippen molar-refractivity contribution in [2.24, 2.45) is 17.8 Å². The molecule has 0 spiro atoms. The number of ether oxygens (including phenoxy) is 2. The fourth-order valence-electron chi connectivity index (χ4n) is 6.04. The van der Waals surface area contributed by atoms with Gasteiger partial charge in [0.2, 0.25) is 5.91 Å². The van der Waals surface area contributed by atoms with Crippen LogP contribution in [0.1, 0.15) is 42.3 Å². The van der Waals surface area contributed by atoms with Gasteiger partial charge in [0.1, 0.15) is 31.3 Å². The predicted molar refractivity (Wildman–Crippen MR) is 153 cm³/mol. The number of aryl methyl sites for hydroxylation is 1. The monoisotopic (exact) mass is 571 g/mol. The fraction of sp³-hybridized carbons (Fsp3) is 0.333. The molecule has 1 fully saturated rings. The Kier molecular flexibility index (Phi) is 8.13. The van der Waals surface area contributed by atoms with Crippen LogP contribution in [0.25, 0.3) is 11.1 Å². The molecule has 0 bridgehead atoms. The maximum Gasteiger partial charge on any atom is 0.355 e. The minimum atomic E-state index is -0.815. The van der Waals surface area contributed by atoms with Crippen molar-refractivity contribution in [1.29, 1.82) is 0 Å². The summed E-state index contributed by atoms with van der Waals surface area (Å²) in [5.74, 6) is -3.17. The molecule has 0 N–H and O–H groups in total. The number of carbonyl (C=O) groups excluding carboxylic acids is 4. The minimum Gasteiger partial charge on any atom is -0.488 e. The van der Waals surface area contributed by atoms with Crippen molar-refractivity contribution in [2.45, 2.75) is 33.2 Å². The maximum absolute atomic E-state index is 13.4. The Balaban J connectivity index is 1.44. The zero-order valence-electron chi connectivity index (χ0n) is 23.9. The number of β-lactam (4-membered cyclic amide) rings is 1. The molecule has 4 atom stereocenters. The lowest BCUT2D eigenvalue weighted by Crippen LogP contribution is -2.63. The first kappa shape index (κ1) is 29.0. The van der Waals surface area contributed by atoms with Gasteiger partial charge >= 0.3 is 11.9 Å². The van der Waals surface area contributed by atoms with E-state index in [1.807, 2.05) is 32.0 Å². The van der Waals surface area contributed by atoms with Crippen LogP contribution in [0.4, 0.5) is 0 Å². The smallest absolute Gasteiger partial charge is 0.355 e. The highest BCUT2D eigenvalue weighted by molar-refractivity contribution is 6.22. The quantitative estimate of drug-likeness (QED) is 0.0776. The van der Waals surface area contributed by atoms with Gasteiger partial charge in [0.05, 0.1) is 17.9 Å². The molecular weight excluding hydrogens is 538 g/mol. The van der Waals surface area contributed by atoms with Crippen molar-refractivity contribution in [3.63, 3.8) is 0 Å². The largest absolute Gasteiger partial charge is 0.488 e. The SMILES string of the molecule is C=CCOOC(=O)C(C)C1C(=O)N2C(C(=O)OCC=C)=C(COc3cccc4c3-c3ccc(CC)cc3C4=O)[C@H](C)C12. The third-order valence-electron chi connectivity index (χ3n) is 8.22. The lowest BCUT2D eigenvalue weighted by molar-refractivity contribution is -0.271. The average Bonchev–Trinajstić information content (AvgIpc) is 3.42. The second-order valence-corrected chi connectivity index (χ2v) is 10.6. The van der Waals surface area contributed by atoms with Crippen LogP contribution in [0.15, 0.2) is 73.0 Å². The van der Waals surface area contributed by atoms with Gasteiger partial charge in [0.15, 0.2) is 5.78 Å². The number of rotatable bonds is 12. The summed E-state index contributed by atoms with van der Waals surface area (Å²) in [4.78, 5) is 63.4. The van der Waals surface area contributed by atoms with E-state index in [9.17, 15) is 19.2 Å². The summed E-state index contributed by atoms with van der Waals surface area (Å²) in [5, 5.41) is 0. The Bertz CT molecular complexity index is 1520. The number of ketones is 1. The Morgan fingerprint density at radius 1 is 1.05 bits per heavy atom. The van der Waals surface area contributed by atoms with E-state index in [0.29, 0.717) is 28.0 Å². The van der Waals surface area contributed by atoms with E-state index < -0.39 is 29.8 Å². The summed E-state index contributed by atoms with van der Waals surface area (Å²) >= 11 is 0. The molecule has 1 saturated heterocycles. The number of hydrogen-bond acceptors (Lipinski definition) is 8. The average molecular weight is 572 g/mol. The molecule has 0 radical (unpaired) electrons. The van der Waals surface area contributed by atoms with E-state index in [0.717, 1.165) is 17.5 Å². The fourth-order valence-corrected chi connectivity index (χ4v) is 6.04. The highest BCUT2D eigenvalue weighted by Gasteiger charge is 2.61. The second-order valence-electron chi connectivity index (χ2n) is 10.6. The van der Waals surface area contributed by atoms with Crippen molar-refractivity contribution in [3.8, 4) is 16.9 Å². The maximum atomic E-state index is 13.4. The molecule has 0 saturated carbocycles. The number of nitrogens with zero attached hydrogens (tertiary/aromatic N) is 1. The van der Waals surface area contributed by atoms with Crippen LogP contribution >= 0.6 is 0 Å². The van der Waals surface area contributed by atoms with Crippen LogP contribution in [0, 0.1) is 17.8 Å². The van der Waals surface area contributed by atoms with Gasteiger partial charge in [-0.05, 0) is 29.7 Å². The van der Waals surface area contributed by atoms with E-state index in [-0.39, 0.29) is 43.1 Å². The molecule has 218 valence electrons. The lowest BCUT2D eigenvalue weighted by Gasteiger charge is -2.47. The Morgan fingerprint density at radius 3 is 2.52 bits per heavy atom. The van der Waals surface area contributed by atoms with Crippen molar-refractivity contribution in [2.75, 3.05) is 19.8 Å². The molecule has 1 amide bonds. The van der Waals surface area contributed by atoms with E-state index in [2.05, 4.69) is 13.2 Å². The zero-order chi connectivity index (χ0) is 30.1. The van der Waals surface area contributed by atoms with Crippen LogP contribution < -0.4 is 4.74 Å². The van der Waals surface area contributed by atoms with Gasteiger partial charge in [-0.15, -0.1) is 6.58 Å². The summed E-state index contributed by atoms with van der Waals surface area (Å²) in [7, 11) is 0. The van der Waals surface area contributed by atoms with Gasteiger partial charge in [-0.3, -0.25) is 14.5 Å². The van der Waals surface area contributed by atoms with E-state index >= 15 is 0 Å². The van der Waals surface area contributed by atoms with Crippen molar-refractivity contribution < 1.29 is 38.4 Å². The summed E-state index contributed by atoms with van der Waals surface area (Å²) in [6.45, 7) is 12.6. The van der Waals surface area contributed by atoms with Gasteiger partial charge in [-0.25, -0.2) is 9.59 Å². The molecule has 5 rings (SSSR count). The number of fused-ring (bicyclic) bond motifs is 4. The van der Waals surface area contributed by atoms with Crippen LogP contribution in [0.5, 0.6) is 5.75 Å². The van der Waals surface area contributed by atoms with E-state index in [1.54, 1.807) is 25.1 Å². The van der Waals surface area contributed by atoms with Crippen LogP contribution in [-0.2, 0) is 35.3 Å². The Hall–Kier alpha value is -4.50. The molecule has 2 aromatic carbocycles. The number of benzene rings is 2. The van der Waals surface area contributed by atoms with Crippen LogP contribution in [0.3, 0.4) is 0 Å². The summed E-state index contributed by atoms with van der Waals surface area (Å²) in [6, 6.07) is 10.7. The van der Waals surface area contributed by atoms with Gasteiger partial charge in [-0.1, -0.05) is 63.8 Å². The molecule has 3 aliphatic rings. The van der Waals surface area contributed by atoms with Crippen LogP contribution in [0.2, 0.25) is 0 Å². The lowest BCUT2D eigenvalue weighted by atomic mass is 9.74. The van der Waals surface area contributed by atoms with Crippen molar-refractivity contribution >= 4 is 23.6 Å². The van der Waals surface area contributed by atoms with Gasteiger partial charge in [-0.2, -0.15) is 4.89 Å². The molecule has 1 aliphatic carbocycles. The standard InChI is InChI=1S/C33H33NO8/c1-6-14-39-33(38)29-24(18(4)28-26(31(36)34(28)29)19(5)32(37)42-41-15-7-2)17-40-25-11-9-10-22-27(25)21-13-12-20(8-3)16-23(21)30(22)35/h6-7,9-13,16,18-19,26,28H,1-2,8,14-15,17H2,3-5H3/t18-,19?,26?,28?/m0/s1. The first-order valence-corrected chi connectivity index (χ1v) is 14.0. The van der Waals surface area contributed by atoms with Gasteiger partial charge in [0, 0.05) is 28.2 Å². The molecule has 2 aliphatic heterocycles. The minimum absolute atomic E-state index is 0.0182. The third kappa shape index (κ3) is 4.73. The number of carbonyl (C=O) groups is 4. The van der Waals surface area contributed by atoms with Gasteiger partial charge in [0.25, 0.3) is 0 Å². The zero-order valence-corrected chi connectivity index (χ0v) is 23.9. The highest BCUT2D eigenvalue weighted by Crippen LogP contribution is 2.50. The van der Waals surface area contributed by atoms with Crippen molar-refractivity contribution in [1.82, 2.24) is 4.90 Å². The normalized spacial score (nSPS) is 20.7. The van der Waals surface area contributed by atoms with Crippen LogP contribution in [-0.4, -0.2) is 54.4 Å². The Labute approximate surface area is 244 Å². The molecule has 9 heteroatoms. The van der Waals surface area contributed by atoms with Crippen molar-refractivity contribution in [3.05, 3.63) is 89.7 Å². The third-order valence-corrected chi connectivity index (χ3v) is 8.22. The molecule has 3 unspecified atom stereocenters. The highest BCUT2D eigenvalue weighted by atomic mass is 17.2. The molecular formula is C33H33NO8. The summed E-state index contributed by atoms with van der Waals surface area (Å²) in [6.07, 6.45) is 3.69. The molecule has 2 heterocycles. The summed E-state index contributed by atoms with van der Waals surface area (Å²) in [5.41, 5.74) is 4.44. The molecule has 42 heavy (non-hydrogen) atoms. The predicted octanol–water partition coefficient (Wildman–Crippen LogP) is 4.60. The molecule has 2 aromatic rings. The number of hydrogen-bond donors (Lipinski definition) is 0. The van der Waals surface area contributed by atoms with E-state index in [4.69, 9.17) is 19.2 Å².